The van der Waals surface area contributed by atoms with E-state index in [0.717, 1.165) is 0 Å². The number of aromatic nitrogens is 2. The molecular weight excluding hydrogens is 404 g/mol. The van der Waals surface area contributed by atoms with Crippen molar-refractivity contribution in [1.29, 1.82) is 0 Å². The number of amides is 2. The normalized spacial score (nSPS) is 10.6. The molecule has 12 heteroatoms. The van der Waals surface area contributed by atoms with Gasteiger partial charge in [-0.2, -0.15) is 10.1 Å². The third-order valence-corrected chi connectivity index (χ3v) is 4.41. The van der Waals surface area contributed by atoms with Gasteiger partial charge in [-0.3, -0.25) is 20.0 Å². The summed E-state index contributed by atoms with van der Waals surface area (Å²) in [5, 5.41) is 21.2. The summed E-state index contributed by atoms with van der Waals surface area (Å²) >= 11 is 0. The van der Waals surface area contributed by atoms with Gasteiger partial charge in [0.15, 0.2) is 13.1 Å². The van der Waals surface area contributed by atoms with Crippen molar-refractivity contribution in [2.24, 2.45) is 0 Å². The average Bonchev–Trinajstić information content (AvgIpc) is 3.13. The molecule has 0 radical (unpaired) electrons. The minimum absolute atomic E-state index is 0.103. The first-order chi connectivity index (χ1) is 14.7. The molecule has 12 nitrogen and oxygen atoms in total. The second-order valence-corrected chi connectivity index (χ2v) is 6.81. The highest BCUT2D eigenvalue weighted by atomic mass is 16.5. The maximum atomic E-state index is 12.4. The van der Waals surface area contributed by atoms with Crippen LogP contribution in [0.5, 0.6) is 0 Å². The summed E-state index contributed by atoms with van der Waals surface area (Å²) in [7, 11) is 0. The van der Waals surface area contributed by atoms with Gasteiger partial charge in [0, 0.05) is 11.4 Å². The van der Waals surface area contributed by atoms with Gasteiger partial charge in [-0.25, -0.2) is 9.13 Å². The molecule has 3 rings (SSSR count). The van der Waals surface area contributed by atoms with Crippen LogP contribution >= 0.6 is 0 Å². The molecule has 0 saturated heterocycles. The van der Waals surface area contributed by atoms with Crippen molar-refractivity contribution in [3.05, 3.63) is 55.1 Å². The molecule has 0 aliphatic rings. The van der Waals surface area contributed by atoms with Crippen LogP contribution in [0.1, 0.15) is 0 Å². The SMILES string of the molecule is Nc1ccc(N(O)C(=O)Cn2cc[n+](CC(=O)N(O)c3ccc(N)cc3N)c2)c(N)c1. The van der Waals surface area contributed by atoms with Crippen molar-refractivity contribution in [1.82, 2.24) is 4.57 Å². The van der Waals surface area contributed by atoms with E-state index < -0.39 is 11.8 Å². The number of nitrogens with zero attached hydrogens (tertiary/aromatic N) is 4. The van der Waals surface area contributed by atoms with Crippen LogP contribution in [0.4, 0.5) is 34.1 Å². The van der Waals surface area contributed by atoms with Crippen LogP contribution in [0.3, 0.4) is 0 Å². The minimum Gasteiger partial charge on any atom is -0.399 e. The van der Waals surface area contributed by atoms with Gasteiger partial charge in [0.05, 0.1) is 22.7 Å². The zero-order chi connectivity index (χ0) is 22.7. The summed E-state index contributed by atoms with van der Waals surface area (Å²) in [4.78, 5) is 24.7. The van der Waals surface area contributed by atoms with Crippen molar-refractivity contribution in [3.63, 3.8) is 0 Å². The summed E-state index contributed by atoms with van der Waals surface area (Å²) in [5.41, 5.74) is 24.1. The predicted octanol–water partition coefficient (Wildman–Crippen LogP) is -0.0508. The largest absolute Gasteiger partial charge is 0.399 e. The van der Waals surface area contributed by atoms with E-state index in [1.165, 1.54) is 64.3 Å². The number of carbonyl (C=O) groups is 2. The van der Waals surface area contributed by atoms with Crippen LogP contribution < -0.4 is 37.6 Å². The number of hydrogen-bond donors (Lipinski definition) is 6. The van der Waals surface area contributed by atoms with Gasteiger partial charge in [-0.1, -0.05) is 0 Å². The third-order valence-electron chi connectivity index (χ3n) is 4.41. The summed E-state index contributed by atoms with van der Waals surface area (Å²) in [6.07, 6.45) is 4.53. The standard InChI is InChI=1S/C19H23N8O4/c20-12-1-3-16(14(22)7-12)26(30)18(28)9-24-5-6-25(11-24)10-19(29)27(31)17-4-2-13(21)8-15(17)23/h1-8,11,30-31H,9-10,20-23H2/q+1. The Hall–Kier alpha value is -4.29. The molecule has 2 amide bonds. The Kier molecular flexibility index (Phi) is 5.95. The maximum absolute atomic E-state index is 12.4. The molecule has 0 unspecified atom stereocenters. The molecule has 1 aromatic heterocycles. The molecule has 0 spiro atoms. The highest BCUT2D eigenvalue weighted by Gasteiger charge is 2.22. The average molecular weight is 427 g/mol. The topological polar surface area (TPSA) is 194 Å². The zero-order valence-electron chi connectivity index (χ0n) is 16.4. The van der Waals surface area contributed by atoms with Gasteiger partial charge in [-0.05, 0) is 36.4 Å². The first-order valence-electron chi connectivity index (χ1n) is 9.04. The number of benzene rings is 2. The Morgan fingerprint density at radius 1 is 0.871 bits per heavy atom. The maximum Gasteiger partial charge on any atom is 0.292 e. The molecule has 1 heterocycles. The number of anilines is 6. The lowest BCUT2D eigenvalue weighted by atomic mass is 10.2. The lowest BCUT2D eigenvalue weighted by molar-refractivity contribution is -0.683. The highest BCUT2D eigenvalue weighted by molar-refractivity contribution is 5.95. The van der Waals surface area contributed by atoms with E-state index >= 15 is 0 Å². The van der Waals surface area contributed by atoms with E-state index in [4.69, 9.17) is 22.9 Å². The quantitative estimate of drug-likeness (QED) is 0.136. The van der Waals surface area contributed by atoms with Gasteiger partial charge in [-0.15, -0.1) is 0 Å². The predicted molar refractivity (Wildman–Crippen MR) is 114 cm³/mol. The molecular formula is C19H23N8O4+. The smallest absolute Gasteiger partial charge is 0.292 e. The van der Waals surface area contributed by atoms with E-state index in [2.05, 4.69) is 0 Å². The van der Waals surface area contributed by atoms with E-state index in [1.54, 1.807) is 0 Å². The second kappa shape index (κ2) is 8.61. The number of imidazole rings is 1. The molecule has 0 saturated carbocycles. The summed E-state index contributed by atoms with van der Waals surface area (Å²) < 4.78 is 2.90. The summed E-state index contributed by atoms with van der Waals surface area (Å²) in [6.45, 7) is -0.454. The number of hydroxylamine groups is 2. The Labute approximate surface area is 177 Å². The number of carbonyl (C=O) groups excluding carboxylic acids is 2. The number of nitrogens with two attached hydrogens (primary N) is 4. The Balaban J connectivity index is 1.64. The van der Waals surface area contributed by atoms with Crippen LogP contribution in [-0.2, 0) is 22.7 Å². The van der Waals surface area contributed by atoms with Gasteiger partial charge in [0.1, 0.15) is 12.4 Å². The number of rotatable bonds is 6. The van der Waals surface area contributed by atoms with Gasteiger partial charge < -0.3 is 22.9 Å². The monoisotopic (exact) mass is 427 g/mol. The third kappa shape index (κ3) is 4.83. The van der Waals surface area contributed by atoms with Crippen molar-refractivity contribution >= 4 is 45.9 Å². The van der Waals surface area contributed by atoms with E-state index in [9.17, 15) is 20.0 Å². The van der Waals surface area contributed by atoms with Crippen LogP contribution in [0.25, 0.3) is 0 Å². The minimum atomic E-state index is -0.663. The number of nitrogen functional groups attached to an aromatic ring is 4. The molecule has 31 heavy (non-hydrogen) atoms. The molecule has 10 N–H and O–H groups in total. The van der Waals surface area contributed by atoms with Gasteiger partial charge in [0.2, 0.25) is 6.33 Å². The van der Waals surface area contributed by atoms with E-state index in [-0.39, 0.29) is 35.8 Å². The highest BCUT2D eigenvalue weighted by Crippen LogP contribution is 2.25. The molecule has 3 aromatic rings. The lowest BCUT2D eigenvalue weighted by Gasteiger charge is -2.16. The fourth-order valence-corrected chi connectivity index (χ4v) is 2.87. The fraction of sp³-hybridized carbons (Fsp3) is 0.105. The van der Waals surface area contributed by atoms with Crippen molar-refractivity contribution in [3.8, 4) is 0 Å². The van der Waals surface area contributed by atoms with Crippen LogP contribution in [0, 0.1) is 0 Å². The van der Waals surface area contributed by atoms with Crippen molar-refractivity contribution < 1.29 is 24.6 Å². The Morgan fingerprint density at radius 2 is 1.39 bits per heavy atom. The zero-order valence-corrected chi connectivity index (χ0v) is 16.4. The van der Waals surface area contributed by atoms with Gasteiger partial charge in [0.25, 0.3) is 11.8 Å². The Bertz CT molecular complexity index is 1040. The lowest BCUT2D eigenvalue weighted by Crippen LogP contribution is -2.43. The second-order valence-electron chi connectivity index (χ2n) is 6.81. The fourth-order valence-electron chi connectivity index (χ4n) is 2.87. The first-order valence-corrected chi connectivity index (χ1v) is 9.04. The molecule has 162 valence electrons. The molecule has 0 aliphatic heterocycles. The molecule has 0 aliphatic carbocycles. The van der Waals surface area contributed by atoms with Crippen molar-refractivity contribution in [2.75, 3.05) is 33.1 Å². The van der Waals surface area contributed by atoms with Crippen LogP contribution in [0.2, 0.25) is 0 Å². The van der Waals surface area contributed by atoms with Crippen LogP contribution in [-0.4, -0.2) is 26.8 Å². The number of hydrogen-bond acceptors (Lipinski definition) is 8. The van der Waals surface area contributed by atoms with Crippen molar-refractivity contribution in [2.45, 2.75) is 13.1 Å². The Morgan fingerprint density at radius 3 is 1.90 bits per heavy atom. The molecule has 2 aromatic carbocycles. The summed E-state index contributed by atoms with van der Waals surface area (Å²) in [6, 6.07) is 8.72. The molecule has 0 bridgehead atoms. The van der Waals surface area contributed by atoms with E-state index in [0.29, 0.717) is 21.5 Å². The molecule has 0 atom stereocenters. The van der Waals surface area contributed by atoms with Gasteiger partial charge >= 0.3 is 0 Å². The van der Waals surface area contributed by atoms with E-state index in [1.807, 2.05) is 0 Å². The molecule has 0 fully saturated rings. The van der Waals surface area contributed by atoms with Crippen LogP contribution in [0.15, 0.2) is 55.1 Å². The first kappa shape index (κ1) is 21.4. The summed E-state index contributed by atoms with van der Waals surface area (Å²) in [5.74, 6) is -1.33.